The van der Waals surface area contributed by atoms with Gasteiger partial charge >= 0.3 is 0 Å². The van der Waals surface area contributed by atoms with Crippen molar-refractivity contribution in [3.63, 3.8) is 0 Å². The molecule has 0 N–H and O–H groups in total. The van der Waals surface area contributed by atoms with Gasteiger partial charge in [0, 0.05) is 12.4 Å². The van der Waals surface area contributed by atoms with Crippen molar-refractivity contribution in [2.45, 2.75) is 31.8 Å². The lowest BCUT2D eigenvalue weighted by Gasteiger charge is -2.21. The highest BCUT2D eigenvalue weighted by molar-refractivity contribution is 9.09. The van der Waals surface area contributed by atoms with E-state index >= 15 is 0 Å². The zero-order valence-corrected chi connectivity index (χ0v) is 9.26. The molecule has 0 aliphatic carbocycles. The van der Waals surface area contributed by atoms with Gasteiger partial charge < -0.3 is 14.2 Å². The van der Waals surface area contributed by atoms with Crippen LogP contribution in [-0.4, -0.2) is 37.0 Å². The Labute approximate surface area is 81.5 Å². The zero-order valence-electron chi connectivity index (χ0n) is 7.67. The Morgan fingerprint density at radius 1 is 1.67 bits per heavy atom. The van der Waals surface area contributed by atoms with Crippen LogP contribution in [0.15, 0.2) is 0 Å². The van der Waals surface area contributed by atoms with Crippen molar-refractivity contribution in [1.82, 2.24) is 0 Å². The SMILES string of the molecule is CO[C@@H](CBr)[C@H]1COC(C)(C)O1. The summed E-state index contributed by atoms with van der Waals surface area (Å²) in [5.74, 6) is -0.455. The molecule has 3 nitrogen and oxygen atoms in total. The van der Waals surface area contributed by atoms with E-state index in [1.165, 1.54) is 0 Å². The van der Waals surface area contributed by atoms with E-state index in [0.717, 1.165) is 5.33 Å². The maximum atomic E-state index is 5.62. The minimum Gasteiger partial charge on any atom is -0.378 e. The summed E-state index contributed by atoms with van der Waals surface area (Å²) in [5, 5.41) is 0.771. The zero-order chi connectivity index (χ0) is 9.19. The van der Waals surface area contributed by atoms with Crippen molar-refractivity contribution in [3.05, 3.63) is 0 Å². The fourth-order valence-corrected chi connectivity index (χ4v) is 1.89. The van der Waals surface area contributed by atoms with E-state index < -0.39 is 5.79 Å². The molecule has 1 rings (SSSR count). The van der Waals surface area contributed by atoms with Crippen LogP contribution < -0.4 is 0 Å². The molecule has 0 saturated carbocycles. The number of methoxy groups -OCH3 is 1. The topological polar surface area (TPSA) is 27.7 Å². The van der Waals surface area contributed by atoms with Gasteiger partial charge in [0.15, 0.2) is 5.79 Å². The van der Waals surface area contributed by atoms with Gasteiger partial charge in [-0.1, -0.05) is 15.9 Å². The second kappa shape index (κ2) is 4.05. The lowest BCUT2D eigenvalue weighted by Crippen LogP contribution is -2.33. The van der Waals surface area contributed by atoms with Crippen LogP contribution in [0.1, 0.15) is 13.8 Å². The Morgan fingerprint density at radius 2 is 2.33 bits per heavy atom. The highest BCUT2D eigenvalue weighted by atomic mass is 79.9. The quantitative estimate of drug-likeness (QED) is 0.699. The average Bonchev–Trinajstić information content (AvgIpc) is 2.34. The monoisotopic (exact) mass is 238 g/mol. The number of hydrogen-bond acceptors (Lipinski definition) is 3. The molecule has 72 valence electrons. The molecule has 4 heteroatoms. The second-order valence-corrected chi connectivity index (χ2v) is 3.94. The van der Waals surface area contributed by atoms with Gasteiger partial charge in [0.1, 0.15) is 6.10 Å². The summed E-state index contributed by atoms with van der Waals surface area (Å²) in [6.07, 6.45) is 0.121. The first-order chi connectivity index (χ1) is 5.59. The van der Waals surface area contributed by atoms with Crippen LogP contribution in [0.3, 0.4) is 0 Å². The van der Waals surface area contributed by atoms with Gasteiger partial charge in [0.25, 0.3) is 0 Å². The first kappa shape index (κ1) is 10.4. The molecule has 0 aromatic rings. The fraction of sp³-hybridized carbons (Fsp3) is 1.00. The highest BCUT2D eigenvalue weighted by Crippen LogP contribution is 2.25. The summed E-state index contributed by atoms with van der Waals surface area (Å²) < 4.78 is 16.3. The number of rotatable bonds is 3. The summed E-state index contributed by atoms with van der Waals surface area (Å²) in [6, 6.07) is 0. The molecule has 1 saturated heterocycles. The van der Waals surface area contributed by atoms with Crippen molar-refractivity contribution in [2.24, 2.45) is 0 Å². The Kier molecular flexibility index (Phi) is 3.52. The van der Waals surface area contributed by atoms with Gasteiger partial charge in [-0.05, 0) is 13.8 Å². The van der Waals surface area contributed by atoms with Crippen molar-refractivity contribution in [1.29, 1.82) is 0 Å². The van der Waals surface area contributed by atoms with Crippen LogP contribution in [-0.2, 0) is 14.2 Å². The summed E-state index contributed by atoms with van der Waals surface area (Å²) in [4.78, 5) is 0. The van der Waals surface area contributed by atoms with E-state index in [4.69, 9.17) is 14.2 Å². The predicted molar refractivity (Wildman–Crippen MR) is 49.5 cm³/mol. The molecule has 0 unspecified atom stereocenters. The third-order valence-electron chi connectivity index (χ3n) is 1.90. The van der Waals surface area contributed by atoms with E-state index in [-0.39, 0.29) is 12.2 Å². The lowest BCUT2D eigenvalue weighted by molar-refractivity contribution is -0.151. The normalized spacial score (nSPS) is 30.5. The van der Waals surface area contributed by atoms with Gasteiger partial charge in [-0.15, -0.1) is 0 Å². The highest BCUT2D eigenvalue weighted by Gasteiger charge is 2.36. The molecule has 0 amide bonds. The van der Waals surface area contributed by atoms with E-state index in [1.54, 1.807) is 7.11 Å². The number of ether oxygens (including phenoxy) is 3. The average molecular weight is 239 g/mol. The molecule has 0 aromatic heterocycles. The first-order valence-corrected chi connectivity index (χ1v) is 5.12. The third-order valence-corrected chi connectivity index (χ3v) is 2.54. The summed E-state index contributed by atoms with van der Waals surface area (Å²) >= 11 is 3.36. The van der Waals surface area contributed by atoms with Crippen molar-refractivity contribution in [3.8, 4) is 0 Å². The Morgan fingerprint density at radius 3 is 2.67 bits per heavy atom. The molecular formula is C8H15BrO3. The summed E-state index contributed by atoms with van der Waals surface area (Å²) in [6.45, 7) is 4.43. The standard InChI is InChI=1S/C8H15BrO3/c1-8(2)11-5-7(12-8)6(4-9)10-3/h6-7H,4-5H2,1-3H3/t6-,7+/m0/s1. The van der Waals surface area contributed by atoms with Crippen LogP contribution in [0, 0.1) is 0 Å². The molecule has 1 fully saturated rings. The maximum absolute atomic E-state index is 5.62. The Balaban J connectivity index is 2.45. The third kappa shape index (κ3) is 2.42. The lowest BCUT2D eigenvalue weighted by atomic mass is 10.2. The summed E-state index contributed by atoms with van der Waals surface area (Å²) in [7, 11) is 1.68. The Bertz CT molecular complexity index is 145. The molecule has 12 heavy (non-hydrogen) atoms. The van der Waals surface area contributed by atoms with Crippen molar-refractivity contribution >= 4 is 15.9 Å². The van der Waals surface area contributed by atoms with E-state index in [2.05, 4.69) is 15.9 Å². The number of halogens is 1. The molecule has 0 aromatic carbocycles. The molecule has 0 spiro atoms. The van der Waals surface area contributed by atoms with E-state index in [0.29, 0.717) is 6.61 Å². The minimum absolute atomic E-state index is 0.0457. The Hall–Kier alpha value is 0.360. The van der Waals surface area contributed by atoms with Gasteiger partial charge in [0.05, 0.1) is 12.7 Å². The minimum atomic E-state index is -0.455. The second-order valence-electron chi connectivity index (χ2n) is 3.30. The molecule has 1 heterocycles. The fourth-order valence-electron chi connectivity index (χ4n) is 1.21. The molecule has 2 atom stereocenters. The number of hydrogen-bond donors (Lipinski definition) is 0. The molecular weight excluding hydrogens is 224 g/mol. The number of alkyl halides is 1. The van der Waals surface area contributed by atoms with Crippen LogP contribution >= 0.6 is 15.9 Å². The van der Waals surface area contributed by atoms with E-state index in [9.17, 15) is 0 Å². The maximum Gasteiger partial charge on any atom is 0.163 e. The smallest absolute Gasteiger partial charge is 0.163 e. The van der Waals surface area contributed by atoms with Crippen molar-refractivity contribution < 1.29 is 14.2 Å². The summed E-state index contributed by atoms with van der Waals surface area (Å²) in [5.41, 5.74) is 0. The van der Waals surface area contributed by atoms with Gasteiger partial charge in [-0.3, -0.25) is 0 Å². The van der Waals surface area contributed by atoms with Crippen LogP contribution in [0.5, 0.6) is 0 Å². The molecule has 1 aliphatic heterocycles. The van der Waals surface area contributed by atoms with Crippen LogP contribution in [0.2, 0.25) is 0 Å². The first-order valence-electron chi connectivity index (χ1n) is 3.99. The van der Waals surface area contributed by atoms with Gasteiger partial charge in [-0.2, -0.15) is 0 Å². The van der Waals surface area contributed by atoms with Gasteiger partial charge in [0.2, 0.25) is 0 Å². The molecule has 0 bridgehead atoms. The van der Waals surface area contributed by atoms with Crippen LogP contribution in [0.25, 0.3) is 0 Å². The largest absolute Gasteiger partial charge is 0.378 e. The van der Waals surface area contributed by atoms with Gasteiger partial charge in [-0.25, -0.2) is 0 Å². The molecule has 1 aliphatic rings. The predicted octanol–water partition coefficient (Wildman–Crippen LogP) is 1.55. The van der Waals surface area contributed by atoms with Crippen LogP contribution in [0.4, 0.5) is 0 Å². The van der Waals surface area contributed by atoms with Crippen molar-refractivity contribution in [2.75, 3.05) is 19.0 Å². The molecule has 0 radical (unpaired) electrons. The van der Waals surface area contributed by atoms with E-state index in [1.807, 2.05) is 13.8 Å².